The summed E-state index contributed by atoms with van der Waals surface area (Å²) in [6, 6.07) is 13.1. The Morgan fingerprint density at radius 3 is 2.84 bits per heavy atom. The van der Waals surface area contributed by atoms with Crippen LogP contribution in [0.15, 0.2) is 47.4 Å². The molecule has 25 heavy (non-hydrogen) atoms. The Hall–Kier alpha value is -2.31. The van der Waals surface area contributed by atoms with Crippen molar-refractivity contribution >= 4 is 35.0 Å². The van der Waals surface area contributed by atoms with E-state index in [0.29, 0.717) is 17.8 Å². The summed E-state index contributed by atoms with van der Waals surface area (Å²) >= 11 is 1.50. The molecule has 0 saturated carbocycles. The molecule has 0 aromatic heterocycles. The first-order valence-electron chi connectivity index (χ1n) is 8.30. The van der Waals surface area contributed by atoms with Gasteiger partial charge in [0.15, 0.2) is 0 Å². The summed E-state index contributed by atoms with van der Waals surface area (Å²) in [5, 5.41) is 8.97. The first-order chi connectivity index (χ1) is 12.1. The second kappa shape index (κ2) is 7.72. The Bertz CT molecular complexity index is 807. The maximum atomic E-state index is 12.6. The number of anilines is 2. The molecular weight excluding hydrogens is 334 g/mol. The van der Waals surface area contributed by atoms with E-state index in [9.17, 15) is 9.59 Å². The molecule has 0 saturated heterocycles. The van der Waals surface area contributed by atoms with Gasteiger partial charge in [0.05, 0.1) is 10.9 Å². The van der Waals surface area contributed by atoms with Gasteiger partial charge < -0.3 is 16.0 Å². The van der Waals surface area contributed by atoms with E-state index in [1.54, 1.807) is 12.1 Å². The molecule has 0 bridgehead atoms. The van der Waals surface area contributed by atoms with Crippen molar-refractivity contribution in [2.75, 3.05) is 17.2 Å². The van der Waals surface area contributed by atoms with Gasteiger partial charge in [-0.25, -0.2) is 0 Å². The van der Waals surface area contributed by atoms with Crippen LogP contribution in [0, 0.1) is 0 Å². The van der Waals surface area contributed by atoms with E-state index in [2.05, 4.69) is 16.0 Å². The lowest BCUT2D eigenvalue weighted by molar-refractivity contribution is -0.115. The molecule has 1 heterocycles. The molecule has 6 heteroatoms. The molecule has 3 rings (SSSR count). The van der Waals surface area contributed by atoms with Crippen LogP contribution in [0.4, 0.5) is 11.4 Å². The van der Waals surface area contributed by atoms with Crippen LogP contribution in [0.5, 0.6) is 0 Å². The molecule has 1 aliphatic heterocycles. The molecule has 0 spiro atoms. The van der Waals surface area contributed by atoms with Crippen molar-refractivity contribution < 1.29 is 9.59 Å². The van der Waals surface area contributed by atoms with E-state index in [0.717, 1.165) is 22.7 Å². The third-order valence-electron chi connectivity index (χ3n) is 4.00. The van der Waals surface area contributed by atoms with Gasteiger partial charge in [0.2, 0.25) is 5.91 Å². The molecule has 5 nitrogen and oxygen atoms in total. The summed E-state index contributed by atoms with van der Waals surface area (Å²) < 4.78 is 0. The van der Waals surface area contributed by atoms with Crippen LogP contribution in [0.3, 0.4) is 0 Å². The number of hydrogen-bond acceptors (Lipinski definition) is 4. The summed E-state index contributed by atoms with van der Waals surface area (Å²) in [5.41, 5.74) is 3.04. The van der Waals surface area contributed by atoms with E-state index in [1.807, 2.05) is 44.2 Å². The minimum atomic E-state index is -0.190. The first kappa shape index (κ1) is 17.5. The molecule has 130 valence electrons. The van der Waals surface area contributed by atoms with E-state index in [4.69, 9.17) is 0 Å². The maximum Gasteiger partial charge on any atom is 0.255 e. The molecule has 1 aliphatic rings. The summed E-state index contributed by atoms with van der Waals surface area (Å²) in [6.45, 7) is 5.47. The Balaban J connectivity index is 1.79. The van der Waals surface area contributed by atoms with Crippen LogP contribution in [-0.2, 0) is 11.3 Å². The molecule has 2 aromatic rings. The van der Waals surface area contributed by atoms with Gasteiger partial charge in [-0.05, 0) is 43.3 Å². The number of carbonyl (C=O) groups excluding carboxylic acids is 2. The number of fused-ring (bicyclic) bond motifs is 1. The summed E-state index contributed by atoms with van der Waals surface area (Å²) in [7, 11) is 0. The van der Waals surface area contributed by atoms with Crippen LogP contribution < -0.4 is 16.0 Å². The third-order valence-corrected chi connectivity index (χ3v) is 5.18. The summed E-state index contributed by atoms with van der Waals surface area (Å²) in [4.78, 5) is 25.4. The zero-order valence-corrected chi connectivity index (χ0v) is 15.1. The molecule has 2 amide bonds. The van der Waals surface area contributed by atoms with E-state index in [1.165, 1.54) is 11.8 Å². The fraction of sp³-hybridized carbons (Fsp3) is 0.263. The molecule has 0 fully saturated rings. The normalized spacial score (nSPS) is 16.1. The second-order valence-corrected chi connectivity index (χ2v) is 7.23. The van der Waals surface area contributed by atoms with Crippen LogP contribution in [0.2, 0.25) is 0 Å². The molecular formula is C19H21N3O2S. The maximum absolute atomic E-state index is 12.6. The molecule has 1 unspecified atom stereocenters. The zero-order chi connectivity index (χ0) is 17.8. The van der Waals surface area contributed by atoms with Gasteiger partial charge in [0.25, 0.3) is 5.91 Å². The van der Waals surface area contributed by atoms with Gasteiger partial charge in [0.1, 0.15) is 0 Å². The van der Waals surface area contributed by atoms with Crippen molar-refractivity contribution in [2.45, 2.75) is 30.5 Å². The van der Waals surface area contributed by atoms with Crippen LogP contribution >= 0.6 is 11.8 Å². The van der Waals surface area contributed by atoms with Crippen LogP contribution in [-0.4, -0.2) is 23.6 Å². The highest BCUT2D eigenvalue weighted by atomic mass is 32.2. The van der Waals surface area contributed by atoms with Crippen LogP contribution in [0.25, 0.3) is 0 Å². The van der Waals surface area contributed by atoms with Gasteiger partial charge in [-0.15, -0.1) is 11.8 Å². The van der Waals surface area contributed by atoms with Crippen LogP contribution in [0.1, 0.15) is 29.8 Å². The van der Waals surface area contributed by atoms with Crippen molar-refractivity contribution in [1.29, 1.82) is 0 Å². The van der Waals surface area contributed by atoms with Crippen molar-refractivity contribution in [2.24, 2.45) is 0 Å². The fourth-order valence-electron chi connectivity index (χ4n) is 2.60. The highest BCUT2D eigenvalue weighted by molar-refractivity contribution is 8.00. The monoisotopic (exact) mass is 355 g/mol. The number of thioether (sulfide) groups is 1. The van der Waals surface area contributed by atoms with Gasteiger partial charge >= 0.3 is 0 Å². The second-order valence-electron chi connectivity index (χ2n) is 5.85. The number of amides is 2. The smallest absolute Gasteiger partial charge is 0.255 e. The van der Waals surface area contributed by atoms with Gasteiger partial charge in [-0.2, -0.15) is 0 Å². The van der Waals surface area contributed by atoms with Crippen molar-refractivity contribution in [3.63, 3.8) is 0 Å². The average Bonchev–Trinajstić information content (AvgIpc) is 2.61. The lowest BCUT2D eigenvalue weighted by Gasteiger charge is -2.21. The topological polar surface area (TPSA) is 70.2 Å². The van der Waals surface area contributed by atoms with Crippen molar-refractivity contribution in [1.82, 2.24) is 5.32 Å². The lowest BCUT2D eigenvalue weighted by atomic mass is 10.1. The fourth-order valence-corrected chi connectivity index (χ4v) is 3.53. The number of carbonyl (C=O) groups is 2. The molecule has 0 aliphatic carbocycles. The number of benzene rings is 2. The number of para-hydroxylation sites is 1. The molecule has 2 aromatic carbocycles. The highest BCUT2D eigenvalue weighted by Crippen LogP contribution is 2.36. The summed E-state index contributed by atoms with van der Waals surface area (Å²) in [6.07, 6.45) is 0. The molecule has 1 atom stereocenters. The Labute approximate surface area is 151 Å². The van der Waals surface area contributed by atoms with E-state index in [-0.39, 0.29) is 17.1 Å². The number of nitrogens with one attached hydrogen (secondary N) is 3. The SMILES string of the molecule is CCNCc1ccccc1NC(=O)c1ccc2c(c1)NC(=O)C(C)S2. The zero-order valence-electron chi connectivity index (χ0n) is 14.3. The number of rotatable bonds is 5. The minimum absolute atomic E-state index is 0.0361. The highest BCUT2D eigenvalue weighted by Gasteiger charge is 2.23. The van der Waals surface area contributed by atoms with E-state index >= 15 is 0 Å². The Morgan fingerprint density at radius 2 is 2.04 bits per heavy atom. The first-order valence-corrected chi connectivity index (χ1v) is 9.18. The standard InChI is InChI=1S/C19H21N3O2S/c1-3-20-11-14-6-4-5-7-15(14)21-19(24)13-8-9-17-16(10-13)22-18(23)12(2)25-17/h4-10,12,20H,3,11H2,1-2H3,(H,21,24)(H,22,23). The number of hydrogen-bond donors (Lipinski definition) is 3. The average molecular weight is 355 g/mol. The predicted octanol–water partition coefficient (Wildman–Crippen LogP) is 3.48. The quantitative estimate of drug-likeness (QED) is 0.768. The van der Waals surface area contributed by atoms with Crippen molar-refractivity contribution in [3.05, 3.63) is 53.6 Å². The molecule has 0 radical (unpaired) electrons. The summed E-state index contributed by atoms with van der Waals surface area (Å²) in [5.74, 6) is -0.226. The third kappa shape index (κ3) is 4.03. The lowest BCUT2D eigenvalue weighted by Crippen LogP contribution is -2.26. The molecule has 3 N–H and O–H groups in total. The van der Waals surface area contributed by atoms with Gasteiger partial charge in [0, 0.05) is 22.7 Å². The van der Waals surface area contributed by atoms with E-state index < -0.39 is 0 Å². The van der Waals surface area contributed by atoms with Gasteiger partial charge in [-0.1, -0.05) is 25.1 Å². The Morgan fingerprint density at radius 1 is 1.24 bits per heavy atom. The Kier molecular flexibility index (Phi) is 5.40. The largest absolute Gasteiger partial charge is 0.324 e. The predicted molar refractivity (Wildman–Crippen MR) is 102 cm³/mol. The van der Waals surface area contributed by atoms with Crippen molar-refractivity contribution in [3.8, 4) is 0 Å². The minimum Gasteiger partial charge on any atom is -0.324 e. The van der Waals surface area contributed by atoms with Gasteiger partial charge in [-0.3, -0.25) is 9.59 Å².